The molecule has 0 aromatic heterocycles. The van der Waals surface area contributed by atoms with Crippen molar-refractivity contribution in [1.82, 2.24) is 5.32 Å². The topological polar surface area (TPSA) is 101 Å². The van der Waals surface area contributed by atoms with E-state index in [1.165, 1.54) is 6.08 Å². The van der Waals surface area contributed by atoms with E-state index < -0.39 is 17.8 Å². The maximum Gasteiger partial charge on any atom is 0.231 e. The van der Waals surface area contributed by atoms with E-state index in [0.29, 0.717) is 23.1 Å². The summed E-state index contributed by atoms with van der Waals surface area (Å²) in [4.78, 5) is 50.7. The highest BCUT2D eigenvalue weighted by molar-refractivity contribution is 6.23. The van der Waals surface area contributed by atoms with Gasteiger partial charge in [-0.15, -0.1) is 0 Å². The minimum Gasteiger partial charge on any atom is -0.508 e. The molecule has 1 heterocycles. The van der Waals surface area contributed by atoms with Gasteiger partial charge in [0.2, 0.25) is 11.8 Å². The number of allylic oxidation sites excluding steroid dienone is 6. The third-order valence-corrected chi connectivity index (χ3v) is 6.63. The molecule has 3 aliphatic carbocycles. The monoisotopic (exact) mass is 389 g/mol. The summed E-state index contributed by atoms with van der Waals surface area (Å²) in [5.41, 5.74) is 2.99. The van der Waals surface area contributed by atoms with Crippen LogP contribution >= 0.6 is 0 Å². The molecule has 6 nitrogen and oxygen atoms in total. The summed E-state index contributed by atoms with van der Waals surface area (Å²) in [5.74, 6) is -2.54. The van der Waals surface area contributed by atoms with Crippen LogP contribution in [0.4, 0.5) is 0 Å². The van der Waals surface area contributed by atoms with Crippen molar-refractivity contribution >= 4 is 23.4 Å². The van der Waals surface area contributed by atoms with Crippen LogP contribution in [0.25, 0.3) is 0 Å². The fourth-order valence-corrected chi connectivity index (χ4v) is 5.34. The zero-order valence-corrected chi connectivity index (χ0v) is 15.8. The molecule has 1 aliphatic heterocycles. The number of phenols is 1. The van der Waals surface area contributed by atoms with Crippen molar-refractivity contribution in [3.63, 3.8) is 0 Å². The molecule has 0 spiro atoms. The van der Waals surface area contributed by atoms with Crippen LogP contribution in [0.1, 0.15) is 31.2 Å². The first-order valence-corrected chi connectivity index (χ1v) is 9.70. The number of carbonyl (C=O) groups is 4. The first kappa shape index (κ1) is 17.8. The number of fused-ring (bicyclic) bond motifs is 3. The van der Waals surface area contributed by atoms with Crippen molar-refractivity contribution < 1.29 is 24.3 Å². The number of imide groups is 1. The second-order valence-electron chi connectivity index (χ2n) is 8.17. The number of aromatic hydroxyl groups is 1. The third kappa shape index (κ3) is 2.48. The van der Waals surface area contributed by atoms with E-state index in [1.807, 2.05) is 6.08 Å². The van der Waals surface area contributed by atoms with Crippen LogP contribution in [0.3, 0.4) is 0 Å². The Bertz CT molecular complexity index is 1090. The normalized spacial score (nSPS) is 30.9. The van der Waals surface area contributed by atoms with E-state index in [-0.39, 0.29) is 41.5 Å². The molecule has 2 N–H and O–H groups in total. The Labute approximate surface area is 167 Å². The Morgan fingerprint density at radius 1 is 1.00 bits per heavy atom. The molecule has 4 aliphatic rings. The molecule has 1 aromatic carbocycles. The van der Waals surface area contributed by atoms with Crippen molar-refractivity contribution in [2.75, 3.05) is 0 Å². The number of rotatable bonds is 1. The fraction of sp³-hybridized carbons (Fsp3) is 0.304. The average molecular weight is 389 g/mol. The Kier molecular flexibility index (Phi) is 3.75. The van der Waals surface area contributed by atoms with E-state index in [2.05, 4.69) is 5.32 Å². The standard InChI is InChI=1S/C23H19NO5/c1-10-8-17(26)20-16(21(10)27)9-15-13(18(20)11-2-4-12(25)5-3-11)6-7-14-19(15)23(29)24-22(14)28/h2-6,8,14-15,18-19,25H,7,9H2,1H3,(H,24,28,29)/t14-,15+,18-,19-/m0/s1. The number of Topliss-reactive ketones (excluding diaryl/α,β-unsaturated/α-hetero) is 1. The highest BCUT2D eigenvalue weighted by Gasteiger charge is 2.53. The number of hydrogen-bond acceptors (Lipinski definition) is 5. The minimum absolute atomic E-state index is 0.107. The average Bonchev–Trinajstić information content (AvgIpc) is 2.99. The highest BCUT2D eigenvalue weighted by Crippen LogP contribution is 2.54. The maximum absolute atomic E-state index is 13.0. The molecule has 6 heteroatoms. The number of phenolic OH excluding ortho intramolecular Hbond substituents is 1. The lowest BCUT2D eigenvalue weighted by molar-refractivity contribution is -0.126. The second kappa shape index (κ2) is 6.11. The van der Waals surface area contributed by atoms with Gasteiger partial charge in [-0.3, -0.25) is 24.5 Å². The van der Waals surface area contributed by atoms with Gasteiger partial charge in [-0.2, -0.15) is 0 Å². The summed E-state index contributed by atoms with van der Waals surface area (Å²) in [6.07, 6.45) is 4.07. The predicted molar refractivity (Wildman–Crippen MR) is 103 cm³/mol. The van der Waals surface area contributed by atoms with Gasteiger partial charge in [0.1, 0.15) is 5.75 Å². The van der Waals surface area contributed by atoms with E-state index >= 15 is 0 Å². The van der Waals surface area contributed by atoms with Crippen molar-refractivity contribution in [3.05, 3.63) is 64.3 Å². The molecule has 0 unspecified atom stereocenters. The number of hydrogen-bond donors (Lipinski definition) is 2. The molecule has 2 amide bonds. The number of amides is 2. The lowest BCUT2D eigenvalue weighted by Crippen LogP contribution is -2.39. The Morgan fingerprint density at radius 3 is 2.45 bits per heavy atom. The highest BCUT2D eigenvalue weighted by atomic mass is 16.3. The molecule has 0 saturated carbocycles. The number of ketones is 2. The van der Waals surface area contributed by atoms with Crippen LogP contribution in [0.5, 0.6) is 5.75 Å². The third-order valence-electron chi connectivity index (χ3n) is 6.63. The molecule has 0 radical (unpaired) electrons. The minimum atomic E-state index is -0.523. The van der Waals surface area contributed by atoms with Crippen LogP contribution in [-0.2, 0) is 19.2 Å². The molecule has 1 aromatic rings. The summed E-state index contributed by atoms with van der Waals surface area (Å²) in [6.45, 7) is 1.63. The fourth-order valence-electron chi connectivity index (χ4n) is 5.34. The molecule has 1 fully saturated rings. The lowest BCUT2D eigenvalue weighted by Gasteiger charge is -2.42. The van der Waals surface area contributed by atoms with Gasteiger partial charge >= 0.3 is 0 Å². The van der Waals surface area contributed by atoms with Crippen LogP contribution in [0.2, 0.25) is 0 Å². The smallest absolute Gasteiger partial charge is 0.231 e. The Balaban J connectivity index is 1.71. The van der Waals surface area contributed by atoms with Gasteiger partial charge in [-0.25, -0.2) is 0 Å². The second-order valence-corrected chi connectivity index (χ2v) is 8.17. The zero-order chi connectivity index (χ0) is 20.4. The van der Waals surface area contributed by atoms with Gasteiger partial charge < -0.3 is 5.11 Å². The van der Waals surface area contributed by atoms with Crippen molar-refractivity contribution in [3.8, 4) is 5.75 Å². The predicted octanol–water partition coefficient (Wildman–Crippen LogP) is 2.11. The molecular formula is C23H19NO5. The van der Waals surface area contributed by atoms with Crippen LogP contribution < -0.4 is 5.32 Å². The van der Waals surface area contributed by atoms with Gasteiger partial charge in [0.15, 0.2) is 11.6 Å². The van der Waals surface area contributed by atoms with Crippen molar-refractivity contribution in [2.45, 2.75) is 25.7 Å². The molecule has 5 rings (SSSR count). The maximum atomic E-state index is 13.0. The van der Waals surface area contributed by atoms with Gasteiger partial charge in [0.05, 0.1) is 11.8 Å². The SMILES string of the molecule is CC1=CC(=O)C2=C(C[C@@H]3C(=CC[C@@H]4C(=O)NC(=O)[C@@H]43)[C@@H]2c2ccc(O)cc2)C1=O. The van der Waals surface area contributed by atoms with Crippen LogP contribution in [-0.4, -0.2) is 28.5 Å². The summed E-state index contributed by atoms with van der Waals surface area (Å²) >= 11 is 0. The van der Waals surface area contributed by atoms with Crippen molar-refractivity contribution in [1.29, 1.82) is 0 Å². The van der Waals surface area contributed by atoms with Gasteiger partial charge in [-0.05, 0) is 49.5 Å². The molecule has 1 saturated heterocycles. The van der Waals surface area contributed by atoms with E-state index in [4.69, 9.17) is 0 Å². The number of benzene rings is 1. The van der Waals surface area contributed by atoms with Crippen molar-refractivity contribution in [2.24, 2.45) is 17.8 Å². The summed E-state index contributed by atoms with van der Waals surface area (Å²) in [5, 5.41) is 12.1. The van der Waals surface area contributed by atoms with Gasteiger partial charge in [-0.1, -0.05) is 23.8 Å². The zero-order valence-electron chi connectivity index (χ0n) is 15.8. The number of carbonyl (C=O) groups excluding carboxylic acids is 4. The quantitative estimate of drug-likeness (QED) is 0.435. The van der Waals surface area contributed by atoms with Crippen LogP contribution in [0.15, 0.2) is 58.7 Å². The van der Waals surface area contributed by atoms with Gasteiger partial charge in [0.25, 0.3) is 0 Å². The van der Waals surface area contributed by atoms with Gasteiger partial charge in [0, 0.05) is 22.6 Å². The Morgan fingerprint density at radius 2 is 1.72 bits per heavy atom. The van der Waals surface area contributed by atoms with E-state index in [1.54, 1.807) is 31.2 Å². The first-order valence-electron chi connectivity index (χ1n) is 9.70. The summed E-state index contributed by atoms with van der Waals surface area (Å²) in [6, 6.07) is 6.58. The largest absolute Gasteiger partial charge is 0.508 e. The summed E-state index contributed by atoms with van der Waals surface area (Å²) in [7, 11) is 0. The molecule has 4 atom stereocenters. The number of nitrogens with one attached hydrogen (secondary N) is 1. The summed E-state index contributed by atoms with van der Waals surface area (Å²) < 4.78 is 0. The van der Waals surface area contributed by atoms with Crippen LogP contribution in [0, 0.1) is 17.8 Å². The molecule has 29 heavy (non-hydrogen) atoms. The first-order chi connectivity index (χ1) is 13.9. The molecule has 0 bridgehead atoms. The molecule has 146 valence electrons. The lowest BCUT2D eigenvalue weighted by atomic mass is 9.59. The Hall–Kier alpha value is -3.28. The van der Waals surface area contributed by atoms with E-state index in [9.17, 15) is 24.3 Å². The van der Waals surface area contributed by atoms with E-state index in [0.717, 1.165) is 11.1 Å². The molecular weight excluding hydrogens is 370 g/mol.